The van der Waals surface area contributed by atoms with E-state index in [2.05, 4.69) is 10.1 Å². The molecule has 3 amide bonds. The maximum atomic E-state index is 12.5. The number of hydrazone groups is 1. The molecule has 0 N–H and O–H groups in total. The van der Waals surface area contributed by atoms with Crippen molar-refractivity contribution < 1.29 is 9.59 Å². The van der Waals surface area contributed by atoms with Gasteiger partial charge >= 0.3 is 6.03 Å². The second kappa shape index (κ2) is 6.53. The van der Waals surface area contributed by atoms with Crippen molar-refractivity contribution in [2.75, 3.05) is 18.8 Å². The number of hydrogen-bond acceptors (Lipinski definition) is 5. The molecule has 0 unspecified atom stereocenters. The summed E-state index contributed by atoms with van der Waals surface area (Å²) in [6.45, 7) is 1.47. The Bertz CT molecular complexity index is 867. The molecule has 3 heterocycles. The lowest BCUT2D eigenvalue weighted by atomic mass is 10.2. The van der Waals surface area contributed by atoms with E-state index in [0.717, 1.165) is 17.5 Å². The van der Waals surface area contributed by atoms with Crippen LogP contribution in [0.2, 0.25) is 5.15 Å². The molecular formula is C16H14ClN5O2S. The first kappa shape index (κ1) is 16.2. The first-order chi connectivity index (χ1) is 12.1. The van der Waals surface area contributed by atoms with Gasteiger partial charge < -0.3 is 4.57 Å². The number of urea groups is 1. The molecule has 1 aromatic heterocycles. The lowest BCUT2D eigenvalue weighted by Crippen LogP contribution is -2.34. The molecule has 2 aliphatic rings. The van der Waals surface area contributed by atoms with E-state index in [1.54, 1.807) is 42.2 Å². The summed E-state index contributed by atoms with van der Waals surface area (Å²) in [4.78, 5) is 30.4. The summed E-state index contributed by atoms with van der Waals surface area (Å²) >= 11 is 7.78. The van der Waals surface area contributed by atoms with Crippen LogP contribution in [0.15, 0.2) is 40.6 Å². The lowest BCUT2D eigenvalue weighted by molar-refractivity contribution is 0.0822. The Kier molecular flexibility index (Phi) is 4.22. The minimum Gasteiger partial charge on any atom is -0.316 e. The van der Waals surface area contributed by atoms with Crippen molar-refractivity contribution >= 4 is 41.5 Å². The van der Waals surface area contributed by atoms with Crippen LogP contribution in [0.3, 0.4) is 0 Å². The van der Waals surface area contributed by atoms with Crippen molar-refractivity contribution in [2.45, 2.75) is 11.7 Å². The maximum Gasteiger partial charge on any atom is 0.347 e. The number of aromatic nitrogens is 2. The van der Waals surface area contributed by atoms with Crippen LogP contribution in [0.25, 0.3) is 0 Å². The van der Waals surface area contributed by atoms with Gasteiger partial charge in [-0.2, -0.15) is 5.10 Å². The Balaban J connectivity index is 1.50. The minimum atomic E-state index is -0.434. The number of nitrogens with zero attached hydrogens (tertiary/aromatic N) is 5. The number of thioether (sulfide) groups is 1. The maximum absolute atomic E-state index is 12.5. The standard InChI is InChI=1S/C16H14ClN5O2S/c17-13-12(20-8-9-25-15(20)19-13)10-18-22-7-6-21(16(22)24)14(23)11-4-2-1-3-5-11/h1-5,10H,6-9H2/b18-10+. The first-order valence-corrected chi connectivity index (χ1v) is 9.13. The Morgan fingerprint density at radius 3 is 2.84 bits per heavy atom. The number of imide groups is 1. The SMILES string of the molecule is O=C(c1ccccc1)N1CCN(/N=C/c2c(Cl)nc3n2CCS3)C1=O. The van der Waals surface area contributed by atoms with Gasteiger partial charge in [0, 0.05) is 17.9 Å². The normalized spacial score (nSPS) is 16.9. The van der Waals surface area contributed by atoms with Crippen molar-refractivity contribution in [1.82, 2.24) is 19.5 Å². The summed E-state index contributed by atoms with van der Waals surface area (Å²) in [5.41, 5.74) is 1.16. The van der Waals surface area contributed by atoms with Gasteiger partial charge in [0.05, 0.1) is 19.3 Å². The fourth-order valence-electron chi connectivity index (χ4n) is 2.78. The number of carbonyl (C=O) groups excluding carboxylic acids is 2. The van der Waals surface area contributed by atoms with Crippen molar-refractivity contribution in [3.63, 3.8) is 0 Å². The molecule has 25 heavy (non-hydrogen) atoms. The van der Waals surface area contributed by atoms with E-state index in [9.17, 15) is 9.59 Å². The summed E-state index contributed by atoms with van der Waals surface area (Å²) in [7, 11) is 0. The third-order valence-corrected chi connectivity index (χ3v) is 5.28. The third kappa shape index (κ3) is 2.91. The van der Waals surface area contributed by atoms with E-state index in [1.165, 1.54) is 9.91 Å². The topological polar surface area (TPSA) is 70.8 Å². The highest BCUT2D eigenvalue weighted by atomic mass is 35.5. The van der Waals surface area contributed by atoms with Crippen LogP contribution in [0.5, 0.6) is 0 Å². The van der Waals surface area contributed by atoms with E-state index < -0.39 is 6.03 Å². The van der Waals surface area contributed by atoms with Gasteiger partial charge in [-0.1, -0.05) is 41.6 Å². The zero-order chi connectivity index (χ0) is 17.4. The van der Waals surface area contributed by atoms with Gasteiger partial charge in [0.1, 0.15) is 5.69 Å². The first-order valence-electron chi connectivity index (χ1n) is 7.76. The van der Waals surface area contributed by atoms with Crippen molar-refractivity contribution in [3.8, 4) is 0 Å². The van der Waals surface area contributed by atoms with E-state index >= 15 is 0 Å². The highest BCUT2D eigenvalue weighted by Crippen LogP contribution is 2.29. The Hall–Kier alpha value is -2.32. The molecular weight excluding hydrogens is 362 g/mol. The predicted molar refractivity (Wildman–Crippen MR) is 95.1 cm³/mol. The lowest BCUT2D eigenvalue weighted by Gasteiger charge is -2.13. The predicted octanol–water partition coefficient (Wildman–Crippen LogP) is 2.55. The van der Waals surface area contributed by atoms with Crippen molar-refractivity contribution in [2.24, 2.45) is 5.10 Å². The highest BCUT2D eigenvalue weighted by molar-refractivity contribution is 7.99. The number of rotatable bonds is 3. The van der Waals surface area contributed by atoms with Gasteiger partial charge in [-0.05, 0) is 12.1 Å². The average molecular weight is 376 g/mol. The van der Waals surface area contributed by atoms with Crippen molar-refractivity contribution in [3.05, 3.63) is 46.7 Å². The van der Waals surface area contributed by atoms with E-state index in [1.807, 2.05) is 10.6 Å². The molecule has 2 aromatic rings. The molecule has 2 aliphatic heterocycles. The molecule has 1 fully saturated rings. The van der Waals surface area contributed by atoms with Gasteiger partial charge in [0.15, 0.2) is 10.3 Å². The Labute approximate surface area is 153 Å². The van der Waals surface area contributed by atoms with Crippen LogP contribution in [0.1, 0.15) is 16.1 Å². The summed E-state index contributed by atoms with van der Waals surface area (Å²) in [5, 5.41) is 6.73. The van der Waals surface area contributed by atoms with Crippen LogP contribution in [0, 0.1) is 0 Å². The van der Waals surface area contributed by atoms with E-state index in [4.69, 9.17) is 11.6 Å². The molecule has 0 radical (unpaired) electrons. The smallest absolute Gasteiger partial charge is 0.316 e. The number of halogens is 1. The van der Waals surface area contributed by atoms with E-state index in [0.29, 0.717) is 29.5 Å². The summed E-state index contributed by atoms with van der Waals surface area (Å²) in [5.74, 6) is 0.630. The van der Waals surface area contributed by atoms with Crippen LogP contribution in [-0.4, -0.2) is 56.5 Å². The van der Waals surface area contributed by atoms with Gasteiger partial charge in [-0.3, -0.25) is 9.69 Å². The Morgan fingerprint density at radius 1 is 1.24 bits per heavy atom. The molecule has 7 nitrogen and oxygen atoms in total. The molecule has 1 aromatic carbocycles. The number of amides is 3. The van der Waals surface area contributed by atoms with E-state index in [-0.39, 0.29) is 5.91 Å². The second-order valence-electron chi connectivity index (χ2n) is 5.54. The molecule has 1 saturated heterocycles. The highest BCUT2D eigenvalue weighted by Gasteiger charge is 2.33. The molecule has 0 bridgehead atoms. The molecule has 0 saturated carbocycles. The fourth-order valence-corrected chi connectivity index (χ4v) is 4.01. The van der Waals surface area contributed by atoms with Crippen LogP contribution >= 0.6 is 23.4 Å². The largest absolute Gasteiger partial charge is 0.347 e. The molecule has 4 rings (SSSR count). The summed E-state index contributed by atoms with van der Waals surface area (Å²) in [6.07, 6.45) is 1.54. The van der Waals surface area contributed by atoms with Gasteiger partial charge in [-0.15, -0.1) is 0 Å². The van der Waals surface area contributed by atoms with Gasteiger partial charge in [-0.25, -0.2) is 14.8 Å². The molecule has 0 spiro atoms. The van der Waals surface area contributed by atoms with Gasteiger partial charge in [0.2, 0.25) is 0 Å². The third-order valence-electron chi connectivity index (χ3n) is 4.05. The summed E-state index contributed by atoms with van der Waals surface area (Å²) in [6, 6.07) is 8.30. The van der Waals surface area contributed by atoms with Crippen molar-refractivity contribution in [1.29, 1.82) is 0 Å². The number of benzene rings is 1. The molecule has 128 valence electrons. The van der Waals surface area contributed by atoms with Crippen LogP contribution in [0.4, 0.5) is 4.79 Å². The number of hydrogen-bond donors (Lipinski definition) is 0. The number of imidazole rings is 1. The zero-order valence-corrected chi connectivity index (χ0v) is 14.7. The average Bonchev–Trinajstić information content (AvgIpc) is 3.29. The van der Waals surface area contributed by atoms with Crippen LogP contribution in [-0.2, 0) is 6.54 Å². The second-order valence-corrected chi connectivity index (χ2v) is 6.96. The fraction of sp³-hybridized carbons (Fsp3) is 0.250. The molecule has 0 atom stereocenters. The zero-order valence-electron chi connectivity index (χ0n) is 13.1. The number of fused-ring (bicyclic) bond motifs is 1. The number of carbonyl (C=O) groups is 2. The summed E-state index contributed by atoms with van der Waals surface area (Å²) < 4.78 is 1.98. The van der Waals surface area contributed by atoms with Gasteiger partial charge in [0.25, 0.3) is 5.91 Å². The minimum absolute atomic E-state index is 0.304. The molecule has 9 heteroatoms. The van der Waals surface area contributed by atoms with Crippen LogP contribution < -0.4 is 0 Å². The monoisotopic (exact) mass is 375 g/mol. The quantitative estimate of drug-likeness (QED) is 0.773. The Morgan fingerprint density at radius 2 is 2.04 bits per heavy atom. The molecule has 0 aliphatic carbocycles.